The van der Waals surface area contributed by atoms with Crippen molar-refractivity contribution < 1.29 is 5.11 Å². The highest BCUT2D eigenvalue weighted by molar-refractivity contribution is 5.27. The van der Waals surface area contributed by atoms with Crippen LogP contribution in [0.5, 0.6) is 5.75 Å². The van der Waals surface area contributed by atoms with Crippen LogP contribution in [-0.4, -0.2) is 47.4 Å². The second kappa shape index (κ2) is 7.29. The number of rotatable bonds is 5. The van der Waals surface area contributed by atoms with E-state index < -0.39 is 0 Å². The normalized spacial score (nSPS) is 18.3. The van der Waals surface area contributed by atoms with E-state index in [4.69, 9.17) is 0 Å². The molecule has 7 nitrogen and oxygen atoms in total. The van der Waals surface area contributed by atoms with Crippen molar-refractivity contribution in [2.75, 3.05) is 13.1 Å². The van der Waals surface area contributed by atoms with Crippen molar-refractivity contribution in [3.05, 3.63) is 60.2 Å². The monoisotopic (exact) mass is 352 g/mol. The maximum atomic E-state index is 9.67. The number of piperidine rings is 1. The van der Waals surface area contributed by atoms with Gasteiger partial charge in [-0.3, -0.25) is 4.90 Å². The van der Waals surface area contributed by atoms with E-state index in [1.807, 2.05) is 22.9 Å². The third kappa shape index (κ3) is 3.62. The molecule has 4 rings (SSSR count). The Bertz CT molecular complexity index is 857. The van der Waals surface area contributed by atoms with Gasteiger partial charge in [-0.2, -0.15) is 0 Å². The number of benzene rings is 1. The fraction of sp³-hybridized carbons (Fsp3) is 0.421. The van der Waals surface area contributed by atoms with Gasteiger partial charge in [-0.15, -0.1) is 10.2 Å². The Balaban J connectivity index is 1.45. The highest BCUT2D eigenvalue weighted by atomic mass is 16.3. The molecule has 0 spiro atoms. The third-order valence-corrected chi connectivity index (χ3v) is 5.07. The number of phenolic OH excluding ortho intramolecular Hbond substituents is 1. The Hall–Kier alpha value is -2.67. The second-order valence-electron chi connectivity index (χ2n) is 7.01. The zero-order chi connectivity index (χ0) is 17.9. The van der Waals surface area contributed by atoms with Gasteiger partial charge in [0, 0.05) is 38.4 Å². The first kappa shape index (κ1) is 16.8. The minimum atomic E-state index is 0.327. The number of hydrogen-bond acceptors (Lipinski definition) is 5. The van der Waals surface area contributed by atoms with Crippen molar-refractivity contribution in [2.45, 2.75) is 31.8 Å². The molecule has 3 heterocycles. The van der Waals surface area contributed by atoms with Gasteiger partial charge in [0.25, 0.3) is 0 Å². The van der Waals surface area contributed by atoms with Crippen LogP contribution < -0.4 is 0 Å². The fourth-order valence-electron chi connectivity index (χ4n) is 3.74. The van der Waals surface area contributed by atoms with Crippen LogP contribution in [0.2, 0.25) is 0 Å². The Kier molecular flexibility index (Phi) is 4.71. The largest absolute Gasteiger partial charge is 0.508 e. The lowest BCUT2D eigenvalue weighted by Gasteiger charge is -2.32. The first-order chi connectivity index (χ1) is 12.7. The molecule has 26 heavy (non-hydrogen) atoms. The van der Waals surface area contributed by atoms with E-state index in [1.54, 1.807) is 18.6 Å². The van der Waals surface area contributed by atoms with Crippen molar-refractivity contribution >= 4 is 0 Å². The highest BCUT2D eigenvalue weighted by Gasteiger charge is 2.26. The molecule has 1 N–H and O–H groups in total. The quantitative estimate of drug-likeness (QED) is 0.762. The molecule has 1 fully saturated rings. The van der Waals surface area contributed by atoms with Crippen LogP contribution in [0.25, 0.3) is 0 Å². The zero-order valence-electron chi connectivity index (χ0n) is 15.0. The summed E-state index contributed by atoms with van der Waals surface area (Å²) in [5, 5.41) is 18.6. The van der Waals surface area contributed by atoms with Crippen molar-refractivity contribution in [1.29, 1.82) is 0 Å². The van der Waals surface area contributed by atoms with Crippen molar-refractivity contribution in [3.63, 3.8) is 0 Å². The molecule has 0 aliphatic carbocycles. The van der Waals surface area contributed by atoms with Crippen LogP contribution in [0, 0.1) is 0 Å². The van der Waals surface area contributed by atoms with Gasteiger partial charge in [0.1, 0.15) is 11.6 Å². The average molecular weight is 352 g/mol. The molecule has 136 valence electrons. The van der Waals surface area contributed by atoms with E-state index in [9.17, 15) is 5.11 Å². The van der Waals surface area contributed by atoms with Crippen LogP contribution in [0.4, 0.5) is 0 Å². The van der Waals surface area contributed by atoms with E-state index in [1.165, 1.54) is 0 Å². The van der Waals surface area contributed by atoms with Gasteiger partial charge in [-0.1, -0.05) is 12.1 Å². The molecule has 1 aliphatic heterocycles. The number of nitrogens with zero attached hydrogens (tertiary/aromatic N) is 6. The first-order valence-electron chi connectivity index (χ1n) is 9.03. The summed E-state index contributed by atoms with van der Waals surface area (Å²) in [7, 11) is 2.05. The van der Waals surface area contributed by atoms with E-state index in [0.29, 0.717) is 18.2 Å². The van der Waals surface area contributed by atoms with Crippen LogP contribution in [-0.2, 0) is 20.1 Å². The Morgan fingerprint density at radius 2 is 2.15 bits per heavy atom. The summed E-state index contributed by atoms with van der Waals surface area (Å²) < 4.78 is 4.13. The molecule has 0 saturated carbocycles. The van der Waals surface area contributed by atoms with Gasteiger partial charge >= 0.3 is 0 Å². The first-order valence-corrected chi connectivity index (χ1v) is 9.03. The molecule has 1 aliphatic rings. The maximum absolute atomic E-state index is 9.67. The molecule has 1 atom stereocenters. The van der Waals surface area contributed by atoms with Gasteiger partial charge < -0.3 is 14.2 Å². The Morgan fingerprint density at radius 1 is 1.23 bits per heavy atom. The molecule has 0 bridgehead atoms. The summed E-state index contributed by atoms with van der Waals surface area (Å²) in [6.45, 7) is 3.58. The van der Waals surface area contributed by atoms with Crippen LogP contribution in [0.3, 0.4) is 0 Å². The molecule has 2 aromatic heterocycles. The number of aromatic nitrogens is 5. The van der Waals surface area contributed by atoms with Gasteiger partial charge in [0.2, 0.25) is 0 Å². The summed E-state index contributed by atoms with van der Waals surface area (Å²) in [4.78, 5) is 6.52. The molecule has 7 heteroatoms. The molecule has 1 unspecified atom stereocenters. The lowest BCUT2D eigenvalue weighted by Crippen LogP contribution is -2.34. The van der Waals surface area contributed by atoms with Crippen LogP contribution >= 0.6 is 0 Å². The zero-order valence-corrected chi connectivity index (χ0v) is 15.0. The van der Waals surface area contributed by atoms with Gasteiger partial charge in [0.05, 0.1) is 12.9 Å². The molecular formula is C19H24N6O. The smallest absolute Gasteiger partial charge is 0.152 e. The summed E-state index contributed by atoms with van der Waals surface area (Å²) in [6.07, 6.45) is 7.79. The molecule has 1 aromatic carbocycles. The molecule has 0 radical (unpaired) electrons. The van der Waals surface area contributed by atoms with E-state index in [0.717, 1.165) is 49.7 Å². The summed E-state index contributed by atoms with van der Waals surface area (Å²) >= 11 is 0. The van der Waals surface area contributed by atoms with E-state index >= 15 is 0 Å². The fourth-order valence-corrected chi connectivity index (χ4v) is 3.74. The average Bonchev–Trinajstić information content (AvgIpc) is 3.26. The number of imidazole rings is 1. The van der Waals surface area contributed by atoms with Crippen molar-refractivity contribution in [3.8, 4) is 5.75 Å². The third-order valence-electron chi connectivity index (χ3n) is 5.07. The van der Waals surface area contributed by atoms with Gasteiger partial charge in [-0.05, 0) is 37.1 Å². The number of hydrogen-bond donors (Lipinski definition) is 1. The van der Waals surface area contributed by atoms with Crippen LogP contribution in [0.15, 0.2) is 43.0 Å². The number of aromatic hydroxyl groups is 1. The van der Waals surface area contributed by atoms with E-state index in [2.05, 4.69) is 37.8 Å². The molecule has 1 saturated heterocycles. The van der Waals surface area contributed by atoms with E-state index in [-0.39, 0.29) is 0 Å². The molecule has 0 amide bonds. The lowest BCUT2D eigenvalue weighted by atomic mass is 9.96. The van der Waals surface area contributed by atoms with Crippen molar-refractivity contribution in [1.82, 2.24) is 29.2 Å². The standard InChI is InChI=1S/C19H24N6O/c1-23-18(13-25-9-7-20-14-25)21-22-19(23)16-5-3-8-24(12-16)11-15-4-2-6-17(26)10-15/h2,4,6-7,9-10,14,16,26H,3,5,8,11-13H2,1H3. The predicted molar refractivity (Wildman–Crippen MR) is 97.7 cm³/mol. The Labute approximate surface area is 152 Å². The van der Waals surface area contributed by atoms with Gasteiger partial charge in [-0.25, -0.2) is 4.98 Å². The molecule has 3 aromatic rings. The maximum Gasteiger partial charge on any atom is 0.152 e. The topological polar surface area (TPSA) is 72.0 Å². The second-order valence-corrected chi connectivity index (χ2v) is 7.01. The highest BCUT2D eigenvalue weighted by Crippen LogP contribution is 2.27. The minimum absolute atomic E-state index is 0.327. The van der Waals surface area contributed by atoms with Crippen molar-refractivity contribution in [2.24, 2.45) is 7.05 Å². The number of phenols is 1. The molecular weight excluding hydrogens is 328 g/mol. The van der Waals surface area contributed by atoms with Crippen LogP contribution in [0.1, 0.15) is 36.0 Å². The van der Waals surface area contributed by atoms with Gasteiger partial charge in [0.15, 0.2) is 5.82 Å². The summed E-state index contributed by atoms with van der Waals surface area (Å²) in [5.41, 5.74) is 1.14. The lowest BCUT2D eigenvalue weighted by molar-refractivity contribution is 0.195. The summed E-state index contributed by atoms with van der Waals surface area (Å²) in [6, 6.07) is 7.52. The SMILES string of the molecule is Cn1c(Cn2ccnc2)nnc1C1CCCN(Cc2cccc(O)c2)C1. The predicted octanol–water partition coefficient (Wildman–Crippen LogP) is 2.15. The Morgan fingerprint density at radius 3 is 2.96 bits per heavy atom. The summed E-state index contributed by atoms with van der Waals surface area (Å²) in [5.74, 6) is 2.72. The number of likely N-dealkylation sites (tertiary alicyclic amines) is 1. The minimum Gasteiger partial charge on any atom is -0.508 e.